The molecule has 8 nitrogen and oxygen atoms in total. The van der Waals surface area contributed by atoms with Gasteiger partial charge in [-0.25, -0.2) is 0 Å². The summed E-state index contributed by atoms with van der Waals surface area (Å²) in [5.74, 6) is -0.140. The van der Waals surface area contributed by atoms with Crippen molar-refractivity contribution in [2.45, 2.75) is 5.16 Å². The molecule has 3 aromatic heterocycles. The van der Waals surface area contributed by atoms with Gasteiger partial charge in [0.15, 0.2) is 5.16 Å². The number of esters is 1. The van der Waals surface area contributed by atoms with E-state index in [9.17, 15) is 4.79 Å². The summed E-state index contributed by atoms with van der Waals surface area (Å²) in [5.41, 5.74) is 3.08. The molecule has 110 valence electrons. The molecule has 0 radical (unpaired) electrons. The van der Waals surface area contributed by atoms with Crippen LogP contribution in [0.5, 0.6) is 0 Å². The van der Waals surface area contributed by atoms with E-state index in [1.807, 2.05) is 33.1 Å². The standard InChI is InChI=1S/C13H10N6O2S/c1-21-10(20)6-22-13-17-16-12-11-15-14-7-18(11)8-4-2-3-5-9(8)19(12)13/h2-5,7H,6H2,1H3. The van der Waals surface area contributed by atoms with Gasteiger partial charge in [0.25, 0.3) is 0 Å². The van der Waals surface area contributed by atoms with Crippen LogP contribution in [0.1, 0.15) is 0 Å². The molecular weight excluding hydrogens is 304 g/mol. The Morgan fingerprint density at radius 1 is 1.18 bits per heavy atom. The summed E-state index contributed by atoms with van der Waals surface area (Å²) >= 11 is 1.27. The number of aromatic nitrogens is 6. The average molecular weight is 314 g/mol. The third-order valence-electron chi connectivity index (χ3n) is 3.31. The minimum atomic E-state index is -0.311. The quantitative estimate of drug-likeness (QED) is 0.414. The van der Waals surface area contributed by atoms with Crippen LogP contribution in [-0.4, -0.2) is 48.0 Å². The van der Waals surface area contributed by atoms with Gasteiger partial charge in [-0.15, -0.1) is 20.4 Å². The summed E-state index contributed by atoms with van der Waals surface area (Å²) in [6.07, 6.45) is 1.65. The first kappa shape index (κ1) is 13.0. The second-order valence-electron chi connectivity index (χ2n) is 4.52. The molecule has 0 spiro atoms. The smallest absolute Gasteiger partial charge is 0.316 e. The van der Waals surface area contributed by atoms with E-state index in [0.717, 1.165) is 11.0 Å². The van der Waals surface area contributed by atoms with Crippen molar-refractivity contribution in [2.75, 3.05) is 12.9 Å². The van der Waals surface area contributed by atoms with Crippen molar-refractivity contribution in [1.82, 2.24) is 29.2 Å². The molecule has 0 aliphatic heterocycles. The highest BCUT2D eigenvalue weighted by molar-refractivity contribution is 7.99. The summed E-state index contributed by atoms with van der Waals surface area (Å²) in [6, 6.07) is 7.82. The van der Waals surface area contributed by atoms with Crippen molar-refractivity contribution in [3.8, 4) is 0 Å². The fraction of sp³-hybridized carbons (Fsp3) is 0.154. The first-order valence-electron chi connectivity index (χ1n) is 6.45. The first-order chi connectivity index (χ1) is 10.8. The number of carbonyl (C=O) groups excluding carboxylic acids is 1. The number of rotatable bonds is 3. The lowest BCUT2D eigenvalue weighted by molar-refractivity contribution is -0.137. The zero-order chi connectivity index (χ0) is 15.1. The lowest BCUT2D eigenvalue weighted by atomic mass is 10.3. The molecular formula is C13H10N6O2S. The molecule has 22 heavy (non-hydrogen) atoms. The summed E-state index contributed by atoms with van der Waals surface area (Å²) in [5, 5.41) is 17.0. The molecule has 1 aromatic carbocycles. The van der Waals surface area contributed by atoms with Crippen LogP contribution in [0.4, 0.5) is 0 Å². The highest BCUT2D eigenvalue weighted by atomic mass is 32.2. The van der Waals surface area contributed by atoms with E-state index >= 15 is 0 Å². The molecule has 4 rings (SSSR count). The number of hydrogen-bond acceptors (Lipinski definition) is 7. The maximum Gasteiger partial charge on any atom is 0.316 e. The predicted molar refractivity (Wildman–Crippen MR) is 79.8 cm³/mol. The lowest BCUT2D eigenvalue weighted by Crippen LogP contribution is -2.04. The normalized spacial score (nSPS) is 11.5. The summed E-state index contributed by atoms with van der Waals surface area (Å²) in [4.78, 5) is 11.4. The Balaban J connectivity index is 2.00. The first-order valence-corrected chi connectivity index (χ1v) is 7.43. The van der Waals surface area contributed by atoms with Crippen LogP contribution in [0, 0.1) is 0 Å². The topological polar surface area (TPSA) is 86.7 Å². The highest BCUT2D eigenvalue weighted by Crippen LogP contribution is 2.25. The number of nitrogens with zero attached hydrogens (tertiary/aromatic N) is 6. The molecule has 0 aliphatic rings. The number of ether oxygens (including phenoxy) is 1. The Morgan fingerprint density at radius 3 is 2.82 bits per heavy atom. The van der Waals surface area contributed by atoms with Crippen molar-refractivity contribution < 1.29 is 9.53 Å². The van der Waals surface area contributed by atoms with Gasteiger partial charge in [0, 0.05) is 0 Å². The maximum atomic E-state index is 11.4. The molecule has 9 heteroatoms. The number of para-hydroxylation sites is 2. The van der Waals surface area contributed by atoms with Crippen LogP contribution in [0.2, 0.25) is 0 Å². The Kier molecular flexibility index (Phi) is 2.93. The van der Waals surface area contributed by atoms with E-state index in [2.05, 4.69) is 25.1 Å². The molecule has 0 amide bonds. The van der Waals surface area contributed by atoms with E-state index in [0.29, 0.717) is 16.5 Å². The van der Waals surface area contributed by atoms with Crippen LogP contribution in [0.25, 0.3) is 22.3 Å². The van der Waals surface area contributed by atoms with Gasteiger partial charge in [-0.3, -0.25) is 13.6 Å². The Hall–Kier alpha value is -2.68. The molecule has 0 unspecified atom stereocenters. The molecule has 0 saturated carbocycles. The molecule has 4 aromatic rings. The van der Waals surface area contributed by atoms with E-state index in [1.54, 1.807) is 6.33 Å². The van der Waals surface area contributed by atoms with Gasteiger partial charge in [-0.05, 0) is 12.1 Å². The molecule has 0 saturated heterocycles. The van der Waals surface area contributed by atoms with Crippen molar-refractivity contribution in [3.63, 3.8) is 0 Å². The van der Waals surface area contributed by atoms with Crippen LogP contribution in [0.15, 0.2) is 35.7 Å². The van der Waals surface area contributed by atoms with Crippen molar-refractivity contribution in [2.24, 2.45) is 0 Å². The van der Waals surface area contributed by atoms with Gasteiger partial charge >= 0.3 is 5.97 Å². The van der Waals surface area contributed by atoms with Gasteiger partial charge in [-0.2, -0.15) is 0 Å². The molecule has 0 fully saturated rings. The molecule has 0 aliphatic carbocycles. The summed E-state index contributed by atoms with van der Waals surface area (Å²) < 4.78 is 8.41. The Labute approximate surface area is 128 Å². The van der Waals surface area contributed by atoms with E-state index < -0.39 is 0 Å². The van der Waals surface area contributed by atoms with E-state index in [-0.39, 0.29) is 11.7 Å². The molecule has 0 atom stereocenters. The number of fused-ring (bicyclic) bond motifs is 6. The second-order valence-corrected chi connectivity index (χ2v) is 5.46. The van der Waals surface area contributed by atoms with Gasteiger partial charge < -0.3 is 4.74 Å². The fourth-order valence-electron chi connectivity index (χ4n) is 2.33. The minimum absolute atomic E-state index is 0.170. The maximum absolute atomic E-state index is 11.4. The van der Waals surface area contributed by atoms with Crippen LogP contribution < -0.4 is 0 Å². The lowest BCUT2D eigenvalue weighted by Gasteiger charge is -2.06. The molecule has 3 heterocycles. The SMILES string of the molecule is COC(=O)CSc1nnc2c3nncn3c3ccccc3n12. The Morgan fingerprint density at radius 2 is 2.00 bits per heavy atom. The van der Waals surface area contributed by atoms with Crippen LogP contribution in [-0.2, 0) is 9.53 Å². The van der Waals surface area contributed by atoms with Crippen molar-refractivity contribution in [1.29, 1.82) is 0 Å². The third kappa shape index (κ3) is 1.82. The van der Waals surface area contributed by atoms with E-state index in [1.165, 1.54) is 18.9 Å². The van der Waals surface area contributed by atoms with Gasteiger partial charge in [0.1, 0.15) is 6.33 Å². The fourth-order valence-corrected chi connectivity index (χ4v) is 3.11. The van der Waals surface area contributed by atoms with E-state index in [4.69, 9.17) is 0 Å². The second kappa shape index (κ2) is 4.95. The Bertz CT molecular complexity index is 1010. The number of benzene rings is 1. The molecule has 0 N–H and O–H groups in total. The monoisotopic (exact) mass is 314 g/mol. The number of thioether (sulfide) groups is 1. The van der Waals surface area contributed by atoms with Crippen molar-refractivity contribution >= 4 is 40.1 Å². The zero-order valence-corrected chi connectivity index (χ0v) is 12.3. The van der Waals surface area contributed by atoms with Crippen LogP contribution >= 0.6 is 11.8 Å². The minimum Gasteiger partial charge on any atom is -0.468 e. The molecule has 0 bridgehead atoms. The van der Waals surface area contributed by atoms with Crippen molar-refractivity contribution in [3.05, 3.63) is 30.6 Å². The number of carbonyl (C=O) groups is 1. The zero-order valence-electron chi connectivity index (χ0n) is 11.5. The van der Waals surface area contributed by atoms with Gasteiger partial charge in [0.05, 0.1) is 23.9 Å². The van der Waals surface area contributed by atoms with Gasteiger partial charge in [-0.1, -0.05) is 23.9 Å². The summed E-state index contributed by atoms with van der Waals surface area (Å²) in [6.45, 7) is 0. The van der Waals surface area contributed by atoms with Crippen LogP contribution in [0.3, 0.4) is 0 Å². The highest BCUT2D eigenvalue weighted by Gasteiger charge is 2.16. The van der Waals surface area contributed by atoms with Gasteiger partial charge in [0.2, 0.25) is 11.3 Å². The largest absolute Gasteiger partial charge is 0.468 e. The third-order valence-corrected chi connectivity index (χ3v) is 4.21. The predicted octanol–water partition coefficient (Wildman–Crippen LogP) is 1.19. The number of methoxy groups -OCH3 is 1. The summed E-state index contributed by atoms with van der Waals surface area (Å²) in [7, 11) is 1.36. The number of hydrogen-bond donors (Lipinski definition) is 0. The average Bonchev–Trinajstić information content (AvgIpc) is 3.19.